The summed E-state index contributed by atoms with van der Waals surface area (Å²) in [5.74, 6) is 0.832. The standard InChI is InChI=1S/C17H17NO2.ClH/c1-18(2)13-9-7-12(8-10-13)17-11-15(19)14-5-3-4-6-16(14)20-17;/h3-10,17H,11H2,1-2H3;1H. The van der Waals surface area contributed by atoms with E-state index in [1.807, 2.05) is 67.5 Å². The van der Waals surface area contributed by atoms with Gasteiger partial charge in [-0.15, -0.1) is 12.4 Å². The summed E-state index contributed by atoms with van der Waals surface area (Å²) < 4.78 is 5.95. The molecule has 1 aliphatic rings. The summed E-state index contributed by atoms with van der Waals surface area (Å²) in [4.78, 5) is 14.2. The molecule has 3 nitrogen and oxygen atoms in total. The number of Topliss-reactive ketones (excluding diaryl/α,β-unsaturated/α-hetero) is 1. The zero-order valence-corrected chi connectivity index (χ0v) is 12.9. The Hall–Kier alpha value is -2.00. The summed E-state index contributed by atoms with van der Waals surface area (Å²) >= 11 is 0. The second-order valence-electron chi connectivity index (χ2n) is 5.22. The van der Waals surface area contributed by atoms with E-state index in [4.69, 9.17) is 4.74 Å². The van der Waals surface area contributed by atoms with Gasteiger partial charge in [0.05, 0.1) is 12.0 Å². The van der Waals surface area contributed by atoms with Gasteiger partial charge in [0, 0.05) is 19.8 Å². The van der Waals surface area contributed by atoms with Gasteiger partial charge in [0.2, 0.25) is 0 Å². The largest absolute Gasteiger partial charge is 0.484 e. The normalized spacial score (nSPS) is 16.5. The first-order valence-corrected chi connectivity index (χ1v) is 6.71. The van der Waals surface area contributed by atoms with E-state index >= 15 is 0 Å². The molecule has 21 heavy (non-hydrogen) atoms. The minimum atomic E-state index is -0.186. The van der Waals surface area contributed by atoms with Crippen molar-refractivity contribution in [1.82, 2.24) is 0 Å². The highest BCUT2D eigenvalue weighted by molar-refractivity contribution is 5.99. The van der Waals surface area contributed by atoms with Crippen LogP contribution in [0.25, 0.3) is 0 Å². The second-order valence-corrected chi connectivity index (χ2v) is 5.22. The molecular formula is C17H18ClNO2. The minimum Gasteiger partial charge on any atom is -0.484 e. The van der Waals surface area contributed by atoms with E-state index < -0.39 is 0 Å². The van der Waals surface area contributed by atoms with Gasteiger partial charge in [-0.2, -0.15) is 0 Å². The van der Waals surface area contributed by atoms with Gasteiger partial charge in [-0.3, -0.25) is 4.79 Å². The number of nitrogens with zero attached hydrogens (tertiary/aromatic N) is 1. The van der Waals surface area contributed by atoms with E-state index in [9.17, 15) is 4.79 Å². The number of hydrogen-bond acceptors (Lipinski definition) is 3. The fourth-order valence-electron chi connectivity index (χ4n) is 2.45. The van der Waals surface area contributed by atoms with Crippen LogP contribution in [0.5, 0.6) is 5.75 Å². The maximum absolute atomic E-state index is 12.2. The van der Waals surface area contributed by atoms with E-state index in [1.165, 1.54) is 0 Å². The van der Waals surface area contributed by atoms with Crippen molar-refractivity contribution in [1.29, 1.82) is 0 Å². The number of rotatable bonds is 2. The zero-order chi connectivity index (χ0) is 14.1. The lowest BCUT2D eigenvalue weighted by molar-refractivity contribution is 0.0850. The maximum Gasteiger partial charge on any atom is 0.170 e. The van der Waals surface area contributed by atoms with Crippen molar-refractivity contribution in [3.05, 3.63) is 59.7 Å². The lowest BCUT2D eigenvalue weighted by Crippen LogP contribution is -2.20. The average molecular weight is 304 g/mol. The molecule has 0 fully saturated rings. The van der Waals surface area contributed by atoms with Crippen LogP contribution >= 0.6 is 12.4 Å². The topological polar surface area (TPSA) is 29.5 Å². The van der Waals surface area contributed by atoms with Crippen molar-refractivity contribution in [2.45, 2.75) is 12.5 Å². The van der Waals surface area contributed by atoms with Crippen LogP contribution in [0.2, 0.25) is 0 Å². The molecule has 4 heteroatoms. The summed E-state index contributed by atoms with van der Waals surface area (Å²) in [7, 11) is 4.01. The van der Waals surface area contributed by atoms with Crippen molar-refractivity contribution in [2.75, 3.05) is 19.0 Å². The molecule has 2 aromatic carbocycles. The number of carbonyl (C=O) groups excluding carboxylic acids is 1. The lowest BCUT2D eigenvalue weighted by atomic mass is 9.96. The fourth-order valence-corrected chi connectivity index (χ4v) is 2.45. The first-order valence-electron chi connectivity index (χ1n) is 6.71. The summed E-state index contributed by atoms with van der Waals surface area (Å²) in [6, 6.07) is 15.6. The number of anilines is 1. The Morgan fingerprint density at radius 1 is 1.05 bits per heavy atom. The third-order valence-electron chi connectivity index (χ3n) is 3.61. The Morgan fingerprint density at radius 2 is 1.71 bits per heavy atom. The van der Waals surface area contributed by atoms with Crippen molar-refractivity contribution in [2.24, 2.45) is 0 Å². The van der Waals surface area contributed by atoms with Crippen LogP contribution in [-0.2, 0) is 0 Å². The molecule has 0 saturated carbocycles. The van der Waals surface area contributed by atoms with Crippen LogP contribution in [0, 0.1) is 0 Å². The second kappa shape index (κ2) is 6.19. The molecule has 2 aromatic rings. The first kappa shape index (κ1) is 15.4. The minimum absolute atomic E-state index is 0. The first-order chi connectivity index (χ1) is 9.65. The van der Waals surface area contributed by atoms with E-state index in [1.54, 1.807) is 0 Å². The predicted octanol–water partition coefficient (Wildman–Crippen LogP) is 3.88. The van der Waals surface area contributed by atoms with E-state index in [0.717, 1.165) is 11.3 Å². The number of ketones is 1. The number of carbonyl (C=O) groups is 1. The monoisotopic (exact) mass is 303 g/mol. The molecule has 1 aliphatic heterocycles. The van der Waals surface area contributed by atoms with E-state index in [2.05, 4.69) is 0 Å². The van der Waals surface area contributed by atoms with Gasteiger partial charge in [-0.1, -0.05) is 24.3 Å². The molecule has 0 N–H and O–H groups in total. The van der Waals surface area contributed by atoms with Gasteiger partial charge in [0.15, 0.2) is 5.78 Å². The van der Waals surface area contributed by atoms with Gasteiger partial charge in [0.1, 0.15) is 11.9 Å². The molecule has 1 unspecified atom stereocenters. The molecular weight excluding hydrogens is 286 g/mol. The zero-order valence-electron chi connectivity index (χ0n) is 12.1. The highest BCUT2D eigenvalue weighted by Gasteiger charge is 2.27. The number of halogens is 1. The molecule has 1 heterocycles. The van der Waals surface area contributed by atoms with Gasteiger partial charge in [0.25, 0.3) is 0 Å². The van der Waals surface area contributed by atoms with Crippen LogP contribution in [0.4, 0.5) is 5.69 Å². The fraction of sp³-hybridized carbons (Fsp3) is 0.235. The van der Waals surface area contributed by atoms with Crippen molar-refractivity contribution in [3.63, 3.8) is 0 Å². The van der Waals surface area contributed by atoms with E-state index in [0.29, 0.717) is 17.7 Å². The SMILES string of the molecule is CN(C)c1ccc(C2CC(=O)c3ccccc3O2)cc1.Cl. The Balaban J connectivity index is 0.00000161. The van der Waals surface area contributed by atoms with Gasteiger partial charge < -0.3 is 9.64 Å². The molecule has 0 spiro atoms. The van der Waals surface area contributed by atoms with Crippen LogP contribution < -0.4 is 9.64 Å². The summed E-state index contributed by atoms with van der Waals surface area (Å²) in [5, 5.41) is 0. The summed E-state index contributed by atoms with van der Waals surface area (Å²) in [6.07, 6.45) is 0.215. The number of fused-ring (bicyclic) bond motifs is 1. The van der Waals surface area contributed by atoms with Crippen LogP contribution in [0.15, 0.2) is 48.5 Å². The summed E-state index contributed by atoms with van der Waals surface area (Å²) in [6.45, 7) is 0. The molecule has 3 rings (SSSR count). The number of hydrogen-bond donors (Lipinski definition) is 0. The molecule has 0 amide bonds. The summed E-state index contributed by atoms with van der Waals surface area (Å²) in [5.41, 5.74) is 2.86. The quantitative estimate of drug-likeness (QED) is 0.843. The van der Waals surface area contributed by atoms with Crippen molar-refractivity contribution >= 4 is 23.9 Å². The molecule has 110 valence electrons. The van der Waals surface area contributed by atoms with Crippen molar-refractivity contribution in [3.8, 4) is 5.75 Å². The van der Waals surface area contributed by atoms with Gasteiger partial charge in [-0.05, 0) is 29.8 Å². The number of ether oxygens (including phenoxy) is 1. The molecule has 0 aromatic heterocycles. The maximum atomic E-state index is 12.2. The van der Waals surface area contributed by atoms with Gasteiger partial charge in [-0.25, -0.2) is 0 Å². The van der Waals surface area contributed by atoms with Crippen LogP contribution in [0.1, 0.15) is 28.4 Å². The molecule has 1 atom stereocenters. The molecule has 0 radical (unpaired) electrons. The van der Waals surface area contributed by atoms with Crippen LogP contribution in [0.3, 0.4) is 0 Å². The van der Waals surface area contributed by atoms with Crippen molar-refractivity contribution < 1.29 is 9.53 Å². The Morgan fingerprint density at radius 3 is 2.38 bits per heavy atom. The lowest BCUT2D eigenvalue weighted by Gasteiger charge is -2.25. The van der Waals surface area contributed by atoms with Crippen LogP contribution in [-0.4, -0.2) is 19.9 Å². The highest BCUT2D eigenvalue weighted by Crippen LogP contribution is 2.34. The predicted molar refractivity (Wildman–Crippen MR) is 86.8 cm³/mol. The highest BCUT2D eigenvalue weighted by atomic mass is 35.5. The van der Waals surface area contributed by atoms with E-state index in [-0.39, 0.29) is 24.3 Å². The smallest absolute Gasteiger partial charge is 0.170 e. The number of para-hydroxylation sites is 1. The third-order valence-corrected chi connectivity index (χ3v) is 3.61. The molecule has 0 aliphatic carbocycles. The average Bonchev–Trinajstić information content (AvgIpc) is 2.47. The third kappa shape index (κ3) is 3.03. The molecule has 0 saturated heterocycles. The number of benzene rings is 2. The van der Waals surface area contributed by atoms with Gasteiger partial charge >= 0.3 is 0 Å². The Kier molecular flexibility index (Phi) is 4.53. The molecule has 0 bridgehead atoms. The Labute approximate surface area is 130 Å². The Bertz CT molecular complexity index is 637.